The molecule has 0 unspecified atom stereocenters. The van der Waals surface area contributed by atoms with E-state index in [9.17, 15) is 31.5 Å². The Kier molecular flexibility index (Phi) is 5.62. The van der Waals surface area contributed by atoms with E-state index in [2.05, 4.69) is 10.1 Å². The molecule has 0 aliphatic rings. The topological polar surface area (TPSA) is 68.5 Å². The molecular formula is C19H10F5NO4. The molecule has 0 saturated heterocycles. The summed E-state index contributed by atoms with van der Waals surface area (Å²) in [5, 5.41) is 2.50. The Morgan fingerprint density at radius 2 is 1.45 bits per heavy atom. The Morgan fingerprint density at radius 1 is 0.862 bits per heavy atom. The number of carbonyl (C=O) groups is 2. The number of furan rings is 1. The first-order valence-corrected chi connectivity index (χ1v) is 7.92. The molecule has 29 heavy (non-hydrogen) atoms. The summed E-state index contributed by atoms with van der Waals surface area (Å²) in [4.78, 5) is 23.8. The molecule has 1 N–H and O–H groups in total. The van der Waals surface area contributed by atoms with Crippen molar-refractivity contribution in [1.29, 1.82) is 0 Å². The number of esters is 1. The summed E-state index contributed by atoms with van der Waals surface area (Å²) < 4.78 is 76.0. The number of halogens is 5. The fourth-order valence-electron chi connectivity index (χ4n) is 2.29. The van der Waals surface area contributed by atoms with Crippen LogP contribution in [-0.2, 0) is 11.3 Å². The Labute approximate surface area is 159 Å². The van der Waals surface area contributed by atoms with Gasteiger partial charge in [-0.3, -0.25) is 4.79 Å². The average molecular weight is 411 g/mol. The van der Waals surface area contributed by atoms with Crippen LogP contribution in [0.3, 0.4) is 0 Å². The van der Waals surface area contributed by atoms with Crippen LogP contribution < -0.4 is 5.32 Å². The van der Waals surface area contributed by atoms with Gasteiger partial charge in [-0.15, -0.1) is 0 Å². The number of nitrogens with one attached hydrogen (secondary N) is 1. The molecule has 0 atom stereocenters. The van der Waals surface area contributed by atoms with Crippen molar-refractivity contribution >= 4 is 17.6 Å². The highest BCUT2D eigenvalue weighted by Gasteiger charge is 2.26. The van der Waals surface area contributed by atoms with Crippen LogP contribution in [0.25, 0.3) is 0 Å². The van der Waals surface area contributed by atoms with Crippen molar-refractivity contribution in [2.75, 3.05) is 5.32 Å². The molecule has 3 aromatic rings. The summed E-state index contributed by atoms with van der Waals surface area (Å²) in [6.07, 6.45) is 1.32. The van der Waals surface area contributed by atoms with Crippen LogP contribution >= 0.6 is 0 Å². The van der Waals surface area contributed by atoms with Crippen LogP contribution in [0, 0.1) is 29.1 Å². The van der Waals surface area contributed by atoms with Gasteiger partial charge >= 0.3 is 5.97 Å². The van der Waals surface area contributed by atoms with E-state index < -0.39 is 53.1 Å². The van der Waals surface area contributed by atoms with Gasteiger partial charge in [0, 0.05) is 5.69 Å². The van der Waals surface area contributed by atoms with E-state index in [1.165, 1.54) is 42.7 Å². The third-order valence-electron chi connectivity index (χ3n) is 3.77. The molecule has 10 heteroatoms. The van der Waals surface area contributed by atoms with E-state index in [1.54, 1.807) is 0 Å². The van der Waals surface area contributed by atoms with Gasteiger partial charge in [0.05, 0.1) is 17.4 Å². The lowest BCUT2D eigenvalue weighted by molar-refractivity contribution is 0.0462. The van der Waals surface area contributed by atoms with Crippen LogP contribution in [0.1, 0.15) is 26.5 Å². The van der Waals surface area contributed by atoms with Crippen molar-refractivity contribution in [1.82, 2.24) is 0 Å². The van der Waals surface area contributed by atoms with Crippen molar-refractivity contribution in [3.8, 4) is 0 Å². The van der Waals surface area contributed by atoms with Crippen LogP contribution in [0.5, 0.6) is 0 Å². The summed E-state index contributed by atoms with van der Waals surface area (Å²) in [6.45, 7) is -1.17. The van der Waals surface area contributed by atoms with Gasteiger partial charge in [0.1, 0.15) is 6.61 Å². The van der Waals surface area contributed by atoms with Crippen molar-refractivity contribution in [2.45, 2.75) is 6.61 Å². The summed E-state index contributed by atoms with van der Waals surface area (Å²) in [5.41, 5.74) is -1.04. The highest BCUT2D eigenvalue weighted by atomic mass is 19.2. The molecule has 2 aromatic carbocycles. The van der Waals surface area contributed by atoms with E-state index in [0.29, 0.717) is 5.69 Å². The van der Waals surface area contributed by atoms with Gasteiger partial charge in [-0.05, 0) is 36.4 Å². The zero-order valence-corrected chi connectivity index (χ0v) is 14.3. The Balaban J connectivity index is 1.67. The number of hydrogen-bond acceptors (Lipinski definition) is 4. The first-order chi connectivity index (χ1) is 13.8. The van der Waals surface area contributed by atoms with Crippen molar-refractivity contribution in [3.63, 3.8) is 0 Å². The van der Waals surface area contributed by atoms with E-state index in [1.807, 2.05) is 0 Å². The zero-order chi connectivity index (χ0) is 21.1. The number of carbonyl (C=O) groups excluding carboxylic acids is 2. The van der Waals surface area contributed by atoms with Crippen LogP contribution in [0.15, 0.2) is 47.1 Å². The summed E-state index contributed by atoms with van der Waals surface area (Å²) in [5.74, 6) is -12.3. The van der Waals surface area contributed by atoms with Crippen LogP contribution in [0.4, 0.5) is 27.6 Å². The maximum atomic E-state index is 13.6. The van der Waals surface area contributed by atoms with Gasteiger partial charge in [0.2, 0.25) is 5.82 Å². The highest BCUT2D eigenvalue weighted by molar-refractivity contribution is 6.02. The number of benzene rings is 2. The molecule has 0 fully saturated rings. The summed E-state index contributed by atoms with van der Waals surface area (Å²) in [7, 11) is 0. The molecular weight excluding hydrogens is 401 g/mol. The molecule has 1 aromatic heterocycles. The Hall–Kier alpha value is -3.69. The molecule has 3 rings (SSSR count). The summed E-state index contributed by atoms with van der Waals surface area (Å²) in [6, 6.07) is 8.13. The lowest BCUT2D eigenvalue weighted by Crippen LogP contribution is -2.12. The molecule has 0 bridgehead atoms. The summed E-state index contributed by atoms with van der Waals surface area (Å²) >= 11 is 0. The van der Waals surface area contributed by atoms with Crippen molar-refractivity contribution < 1.29 is 40.7 Å². The maximum Gasteiger partial charge on any atom is 0.338 e. The number of anilines is 1. The zero-order valence-electron chi connectivity index (χ0n) is 14.3. The fraction of sp³-hybridized carbons (Fsp3) is 0.0526. The molecule has 0 aliphatic heterocycles. The fourth-order valence-corrected chi connectivity index (χ4v) is 2.29. The van der Waals surface area contributed by atoms with E-state index in [0.717, 1.165) is 0 Å². The predicted molar refractivity (Wildman–Crippen MR) is 88.5 cm³/mol. The van der Waals surface area contributed by atoms with Gasteiger partial charge in [-0.1, -0.05) is 0 Å². The van der Waals surface area contributed by atoms with Gasteiger partial charge in [0.25, 0.3) is 5.91 Å². The number of ether oxygens (including phenoxy) is 1. The van der Waals surface area contributed by atoms with E-state index >= 15 is 0 Å². The highest BCUT2D eigenvalue weighted by Crippen LogP contribution is 2.24. The molecule has 0 saturated carbocycles. The second kappa shape index (κ2) is 8.13. The van der Waals surface area contributed by atoms with Crippen LogP contribution in [0.2, 0.25) is 0 Å². The third-order valence-corrected chi connectivity index (χ3v) is 3.77. The van der Waals surface area contributed by atoms with Gasteiger partial charge < -0.3 is 14.5 Å². The van der Waals surface area contributed by atoms with Crippen LogP contribution in [-0.4, -0.2) is 11.9 Å². The first-order valence-electron chi connectivity index (χ1n) is 7.92. The maximum absolute atomic E-state index is 13.6. The van der Waals surface area contributed by atoms with E-state index in [-0.39, 0.29) is 11.3 Å². The standard InChI is InChI=1S/C19H10F5NO4/c20-13-11(14(21)16(23)17(24)15(13)22)8-29-19(27)9-3-5-10(6-4-9)25-18(26)12-2-1-7-28-12/h1-7H,8H2,(H,25,26). The number of amides is 1. The van der Waals surface area contributed by atoms with Gasteiger partial charge in [0.15, 0.2) is 29.0 Å². The minimum atomic E-state index is -2.30. The molecule has 0 aliphatic carbocycles. The minimum absolute atomic E-state index is 0.0660. The molecule has 0 radical (unpaired) electrons. The largest absolute Gasteiger partial charge is 0.459 e. The molecule has 150 valence electrons. The Bertz CT molecular complexity index is 1040. The second-order valence-electron chi connectivity index (χ2n) is 5.63. The lowest BCUT2D eigenvalue weighted by atomic mass is 10.1. The van der Waals surface area contributed by atoms with Gasteiger partial charge in [-0.2, -0.15) is 0 Å². The quantitative estimate of drug-likeness (QED) is 0.289. The third kappa shape index (κ3) is 4.10. The SMILES string of the molecule is O=C(OCc1c(F)c(F)c(F)c(F)c1F)c1ccc(NC(=O)c2ccco2)cc1. The lowest BCUT2D eigenvalue weighted by Gasteiger charge is -2.09. The van der Waals surface area contributed by atoms with Gasteiger partial charge in [-0.25, -0.2) is 26.7 Å². The first kappa shape index (κ1) is 20.1. The number of rotatable bonds is 5. The normalized spacial score (nSPS) is 10.7. The smallest absolute Gasteiger partial charge is 0.338 e. The monoisotopic (exact) mass is 411 g/mol. The van der Waals surface area contributed by atoms with Crippen molar-refractivity contribution in [3.05, 3.63) is 88.6 Å². The molecule has 1 heterocycles. The predicted octanol–water partition coefficient (Wildman–Crippen LogP) is 4.58. The molecule has 5 nitrogen and oxygen atoms in total. The average Bonchev–Trinajstić information content (AvgIpc) is 3.26. The Morgan fingerprint density at radius 3 is 2.00 bits per heavy atom. The minimum Gasteiger partial charge on any atom is -0.459 e. The van der Waals surface area contributed by atoms with Crippen molar-refractivity contribution in [2.24, 2.45) is 0 Å². The van der Waals surface area contributed by atoms with E-state index in [4.69, 9.17) is 4.42 Å². The molecule has 0 spiro atoms. The second-order valence-corrected chi connectivity index (χ2v) is 5.63. The number of hydrogen-bond donors (Lipinski definition) is 1. The molecule has 1 amide bonds.